The average Bonchev–Trinajstić information content (AvgIpc) is 2.46. The Balaban J connectivity index is 3.01. The van der Waals surface area contributed by atoms with Crippen LogP contribution in [0.25, 0.3) is 0 Å². The van der Waals surface area contributed by atoms with E-state index in [-0.39, 0.29) is 11.9 Å². The number of nitrogens with zero attached hydrogens (tertiary/aromatic N) is 2. The first kappa shape index (κ1) is 16.7. The van der Waals surface area contributed by atoms with E-state index in [9.17, 15) is 4.79 Å². The van der Waals surface area contributed by atoms with Gasteiger partial charge < -0.3 is 15.0 Å². The monoisotopic (exact) mass is 299 g/mol. The molecule has 0 fully saturated rings. The van der Waals surface area contributed by atoms with Gasteiger partial charge in [0.1, 0.15) is 11.0 Å². The zero-order valence-electron chi connectivity index (χ0n) is 12.4. The number of anilines is 1. The van der Waals surface area contributed by atoms with Gasteiger partial charge in [0.05, 0.1) is 6.61 Å². The number of hydrogen-bond acceptors (Lipinski definition) is 4. The highest BCUT2D eigenvalue weighted by molar-refractivity contribution is 6.29. The number of pyridine rings is 1. The Labute approximate surface area is 125 Å². The number of halogens is 1. The highest BCUT2D eigenvalue weighted by atomic mass is 35.5. The maximum absolute atomic E-state index is 12.6. The van der Waals surface area contributed by atoms with Crippen molar-refractivity contribution in [3.05, 3.63) is 22.8 Å². The summed E-state index contributed by atoms with van der Waals surface area (Å²) >= 11 is 5.95. The van der Waals surface area contributed by atoms with Crippen LogP contribution in [0.3, 0.4) is 0 Å². The van der Waals surface area contributed by atoms with Gasteiger partial charge in [-0.05, 0) is 25.5 Å². The van der Waals surface area contributed by atoms with Gasteiger partial charge in [0.2, 0.25) is 0 Å². The number of carbonyl (C=O) groups is 1. The van der Waals surface area contributed by atoms with Crippen molar-refractivity contribution in [1.29, 1.82) is 0 Å². The summed E-state index contributed by atoms with van der Waals surface area (Å²) in [5.74, 6) is 0.522. The molecular formula is C14H22ClN3O2. The van der Waals surface area contributed by atoms with Crippen LogP contribution in [0.2, 0.25) is 5.15 Å². The summed E-state index contributed by atoms with van der Waals surface area (Å²) in [6.45, 7) is 5.14. The molecule has 6 heteroatoms. The third kappa shape index (κ3) is 4.35. The Morgan fingerprint density at radius 1 is 1.55 bits per heavy atom. The molecule has 1 atom stereocenters. The van der Waals surface area contributed by atoms with Crippen molar-refractivity contribution in [2.24, 2.45) is 0 Å². The molecule has 5 nitrogen and oxygen atoms in total. The summed E-state index contributed by atoms with van der Waals surface area (Å²) in [5, 5.41) is 3.20. The fourth-order valence-electron chi connectivity index (χ4n) is 1.85. The molecule has 0 saturated heterocycles. The number of rotatable bonds is 7. The molecule has 1 unspecified atom stereocenters. The number of amides is 1. The Kier molecular flexibility index (Phi) is 6.75. The lowest BCUT2D eigenvalue weighted by atomic mass is 10.1. The van der Waals surface area contributed by atoms with E-state index in [0.717, 1.165) is 6.42 Å². The van der Waals surface area contributed by atoms with E-state index in [2.05, 4.69) is 17.2 Å². The van der Waals surface area contributed by atoms with E-state index in [1.165, 1.54) is 0 Å². The van der Waals surface area contributed by atoms with Crippen molar-refractivity contribution in [3.8, 4) is 0 Å². The van der Waals surface area contributed by atoms with Gasteiger partial charge in [0, 0.05) is 32.3 Å². The highest BCUT2D eigenvalue weighted by Gasteiger charge is 2.21. The number of hydrogen-bond donors (Lipinski definition) is 1. The number of carbonyl (C=O) groups excluding carboxylic acids is 1. The molecule has 0 saturated carbocycles. The quantitative estimate of drug-likeness (QED) is 0.787. The molecule has 0 bridgehead atoms. The molecule has 0 aliphatic heterocycles. The smallest absolute Gasteiger partial charge is 0.254 e. The van der Waals surface area contributed by atoms with Crippen molar-refractivity contribution in [2.45, 2.75) is 26.3 Å². The highest BCUT2D eigenvalue weighted by Crippen LogP contribution is 2.17. The summed E-state index contributed by atoms with van der Waals surface area (Å²) in [4.78, 5) is 18.5. The second-order valence-corrected chi connectivity index (χ2v) is 4.95. The lowest BCUT2D eigenvalue weighted by Gasteiger charge is -2.28. The summed E-state index contributed by atoms with van der Waals surface area (Å²) in [6, 6.07) is 3.44. The third-order valence-electron chi connectivity index (χ3n) is 3.22. The largest absolute Gasteiger partial charge is 0.383 e. The summed E-state index contributed by atoms with van der Waals surface area (Å²) < 4.78 is 5.08. The van der Waals surface area contributed by atoms with E-state index in [1.807, 2.05) is 6.92 Å². The number of aromatic nitrogens is 1. The van der Waals surface area contributed by atoms with Crippen LogP contribution >= 0.6 is 11.6 Å². The molecule has 0 spiro atoms. The van der Waals surface area contributed by atoms with Gasteiger partial charge in [0.15, 0.2) is 0 Å². The number of ether oxygens (including phenoxy) is 1. The van der Waals surface area contributed by atoms with E-state index >= 15 is 0 Å². The standard InChI is InChI=1S/C14H22ClN3O2/c1-5-10(2)18(6-7-20-4)14(19)11-8-12(15)17-13(9-11)16-3/h8-10H,5-7H2,1-4H3,(H,16,17). The normalized spacial score (nSPS) is 12.1. The van der Waals surface area contributed by atoms with Gasteiger partial charge >= 0.3 is 0 Å². The average molecular weight is 300 g/mol. The van der Waals surface area contributed by atoms with Crippen molar-refractivity contribution < 1.29 is 9.53 Å². The summed E-state index contributed by atoms with van der Waals surface area (Å²) in [5.41, 5.74) is 0.533. The molecule has 0 aliphatic rings. The Morgan fingerprint density at radius 2 is 2.25 bits per heavy atom. The van der Waals surface area contributed by atoms with Crippen LogP contribution in [0.5, 0.6) is 0 Å². The van der Waals surface area contributed by atoms with Gasteiger partial charge in [-0.1, -0.05) is 18.5 Å². The fourth-order valence-corrected chi connectivity index (χ4v) is 2.05. The predicted octanol–water partition coefficient (Wildman–Crippen LogP) is 2.66. The first-order valence-corrected chi connectivity index (χ1v) is 7.06. The molecule has 112 valence electrons. The van der Waals surface area contributed by atoms with Crippen molar-refractivity contribution in [1.82, 2.24) is 9.88 Å². The lowest BCUT2D eigenvalue weighted by molar-refractivity contribution is 0.0614. The van der Waals surface area contributed by atoms with Crippen LogP contribution in [0.4, 0.5) is 5.82 Å². The summed E-state index contributed by atoms with van der Waals surface area (Å²) in [6.07, 6.45) is 0.882. The maximum atomic E-state index is 12.6. The molecule has 1 aromatic heterocycles. The van der Waals surface area contributed by atoms with Crippen LogP contribution < -0.4 is 5.32 Å². The minimum Gasteiger partial charge on any atom is -0.383 e. The van der Waals surface area contributed by atoms with Crippen molar-refractivity contribution in [2.75, 3.05) is 32.6 Å². The summed E-state index contributed by atoms with van der Waals surface area (Å²) in [7, 11) is 3.37. The predicted molar refractivity (Wildman–Crippen MR) is 81.5 cm³/mol. The van der Waals surface area contributed by atoms with Crippen molar-refractivity contribution in [3.63, 3.8) is 0 Å². The molecule has 1 N–H and O–H groups in total. The van der Waals surface area contributed by atoms with Gasteiger partial charge in [-0.15, -0.1) is 0 Å². The molecule has 0 radical (unpaired) electrons. The minimum atomic E-state index is -0.0581. The molecule has 1 aromatic rings. The minimum absolute atomic E-state index is 0.0581. The molecular weight excluding hydrogens is 278 g/mol. The molecule has 0 aromatic carbocycles. The van der Waals surface area contributed by atoms with Crippen LogP contribution in [-0.2, 0) is 4.74 Å². The van der Waals surface area contributed by atoms with Crippen LogP contribution in [0.15, 0.2) is 12.1 Å². The van der Waals surface area contributed by atoms with E-state index in [0.29, 0.717) is 29.7 Å². The van der Waals surface area contributed by atoms with Gasteiger partial charge in [-0.3, -0.25) is 4.79 Å². The first-order chi connectivity index (χ1) is 9.53. The molecule has 1 rings (SSSR count). The second-order valence-electron chi connectivity index (χ2n) is 4.56. The lowest BCUT2D eigenvalue weighted by Crippen LogP contribution is -2.40. The molecule has 1 heterocycles. The topological polar surface area (TPSA) is 54.5 Å². The zero-order valence-corrected chi connectivity index (χ0v) is 13.2. The van der Waals surface area contributed by atoms with Crippen LogP contribution in [-0.4, -0.2) is 49.1 Å². The SMILES string of the molecule is CCC(C)N(CCOC)C(=O)c1cc(Cl)nc(NC)c1. The Morgan fingerprint density at radius 3 is 2.80 bits per heavy atom. The third-order valence-corrected chi connectivity index (χ3v) is 3.41. The second kappa shape index (κ2) is 8.07. The number of methoxy groups -OCH3 is 1. The molecule has 20 heavy (non-hydrogen) atoms. The van der Waals surface area contributed by atoms with Crippen LogP contribution in [0, 0.1) is 0 Å². The number of nitrogens with one attached hydrogen (secondary N) is 1. The van der Waals surface area contributed by atoms with Gasteiger partial charge in [-0.2, -0.15) is 0 Å². The molecule has 1 amide bonds. The Hall–Kier alpha value is -1.33. The maximum Gasteiger partial charge on any atom is 0.254 e. The van der Waals surface area contributed by atoms with E-state index < -0.39 is 0 Å². The van der Waals surface area contributed by atoms with Gasteiger partial charge in [0.25, 0.3) is 5.91 Å². The van der Waals surface area contributed by atoms with Gasteiger partial charge in [-0.25, -0.2) is 4.98 Å². The van der Waals surface area contributed by atoms with Crippen LogP contribution in [0.1, 0.15) is 30.6 Å². The zero-order chi connectivity index (χ0) is 15.1. The molecule has 0 aliphatic carbocycles. The van der Waals surface area contributed by atoms with E-state index in [1.54, 1.807) is 31.2 Å². The Bertz CT molecular complexity index is 454. The first-order valence-electron chi connectivity index (χ1n) is 6.68. The van der Waals surface area contributed by atoms with E-state index in [4.69, 9.17) is 16.3 Å². The fraction of sp³-hybridized carbons (Fsp3) is 0.571. The van der Waals surface area contributed by atoms with Crippen molar-refractivity contribution >= 4 is 23.3 Å².